The minimum Gasteiger partial charge on any atom is -0.360 e. The zero-order chi connectivity index (χ0) is 22.1. The Bertz CT molecular complexity index is 1080. The summed E-state index contributed by atoms with van der Waals surface area (Å²) in [5, 5.41) is 10.0. The van der Waals surface area contributed by atoms with Gasteiger partial charge in [0, 0.05) is 18.1 Å². The van der Waals surface area contributed by atoms with Crippen LogP contribution >= 0.6 is 11.6 Å². The smallest absolute Gasteiger partial charge is 0.360 e. The lowest BCUT2D eigenvalue weighted by Gasteiger charge is -2.18. The third kappa shape index (κ3) is 4.62. The molecule has 8 nitrogen and oxygen atoms in total. The summed E-state index contributed by atoms with van der Waals surface area (Å²) < 4.78 is 46.6. The molecule has 12 heteroatoms. The lowest BCUT2D eigenvalue weighted by Crippen LogP contribution is -2.36. The topological polar surface area (TPSA) is 93.3 Å². The number of nitrogens with one attached hydrogen (secondary N) is 1. The van der Waals surface area contributed by atoms with Gasteiger partial charge in [-0.1, -0.05) is 16.8 Å². The van der Waals surface area contributed by atoms with E-state index in [9.17, 15) is 22.8 Å². The number of hydrogen-bond donors (Lipinski definition) is 1. The molecule has 0 saturated carbocycles. The molecule has 0 spiro atoms. The van der Waals surface area contributed by atoms with E-state index in [4.69, 9.17) is 16.1 Å². The monoisotopic (exact) mass is 441 g/mol. The van der Waals surface area contributed by atoms with Crippen molar-refractivity contribution in [3.8, 4) is 5.69 Å². The van der Waals surface area contributed by atoms with Crippen LogP contribution in [0.2, 0.25) is 5.02 Å². The molecule has 0 aliphatic heterocycles. The summed E-state index contributed by atoms with van der Waals surface area (Å²) in [6, 6.07) is 6.95. The first-order chi connectivity index (χ1) is 14.1. The lowest BCUT2D eigenvalue weighted by atomic mass is 10.2. The van der Waals surface area contributed by atoms with Crippen LogP contribution in [0.4, 0.5) is 19.0 Å². The lowest BCUT2D eigenvalue weighted by molar-refractivity contribution is -0.143. The first-order valence-electron chi connectivity index (χ1n) is 8.46. The number of halogens is 4. The van der Waals surface area contributed by atoms with Crippen LogP contribution in [-0.4, -0.2) is 45.2 Å². The van der Waals surface area contributed by atoms with Gasteiger partial charge in [-0.25, -0.2) is 4.68 Å². The molecule has 2 aromatic heterocycles. The third-order valence-corrected chi connectivity index (χ3v) is 4.21. The van der Waals surface area contributed by atoms with E-state index >= 15 is 0 Å². The maximum atomic E-state index is 13.7. The van der Waals surface area contributed by atoms with E-state index in [0.717, 1.165) is 11.1 Å². The normalized spacial score (nSPS) is 11.4. The van der Waals surface area contributed by atoms with Crippen LogP contribution < -0.4 is 5.32 Å². The Morgan fingerprint density at radius 1 is 1.27 bits per heavy atom. The van der Waals surface area contributed by atoms with Crippen molar-refractivity contribution in [2.24, 2.45) is 0 Å². The maximum Gasteiger partial charge on any atom is 0.434 e. The Hall–Kier alpha value is -3.34. The zero-order valence-electron chi connectivity index (χ0n) is 15.7. The highest BCUT2D eigenvalue weighted by atomic mass is 35.5. The Morgan fingerprint density at radius 3 is 2.50 bits per heavy atom. The standard InChI is InChI=1S/C18H15ClF3N5O3/c1-10-7-14(25-30-10)24-15(28)9-26(2)17(29)13-8-23-27(16(13)18(20,21)22)12-5-3-11(19)4-6-12/h3-8H,9H2,1-2H3,(H,24,25,28). The van der Waals surface area contributed by atoms with Gasteiger partial charge in [-0.15, -0.1) is 0 Å². The Kier molecular flexibility index (Phi) is 5.83. The highest BCUT2D eigenvalue weighted by molar-refractivity contribution is 6.30. The predicted molar refractivity (Wildman–Crippen MR) is 100 cm³/mol. The number of anilines is 1. The number of benzene rings is 1. The fraction of sp³-hybridized carbons (Fsp3) is 0.222. The number of carbonyl (C=O) groups excluding carboxylic acids is 2. The number of aromatic nitrogens is 3. The second kappa shape index (κ2) is 8.19. The minimum absolute atomic E-state index is 0.0765. The summed E-state index contributed by atoms with van der Waals surface area (Å²) in [6.45, 7) is 1.11. The average molecular weight is 442 g/mol. The molecular formula is C18H15ClF3N5O3. The van der Waals surface area contributed by atoms with Gasteiger partial charge in [-0.05, 0) is 31.2 Å². The van der Waals surface area contributed by atoms with Crippen LogP contribution in [0.5, 0.6) is 0 Å². The van der Waals surface area contributed by atoms with Crippen molar-refractivity contribution in [2.45, 2.75) is 13.1 Å². The van der Waals surface area contributed by atoms with Gasteiger partial charge in [0.05, 0.1) is 24.0 Å². The average Bonchev–Trinajstić information content (AvgIpc) is 3.27. The number of nitrogens with zero attached hydrogens (tertiary/aromatic N) is 4. The SMILES string of the molecule is Cc1cc(NC(=O)CN(C)C(=O)c2cnn(-c3ccc(Cl)cc3)c2C(F)(F)F)no1. The summed E-state index contributed by atoms with van der Waals surface area (Å²) in [6.07, 6.45) is -4.06. The van der Waals surface area contributed by atoms with E-state index in [1.807, 2.05) is 0 Å². The van der Waals surface area contributed by atoms with Crippen molar-refractivity contribution in [2.75, 3.05) is 18.9 Å². The molecular weight excluding hydrogens is 427 g/mol. The van der Waals surface area contributed by atoms with Crippen molar-refractivity contribution in [1.29, 1.82) is 0 Å². The molecule has 0 unspecified atom stereocenters. The van der Waals surface area contributed by atoms with Crippen molar-refractivity contribution < 1.29 is 27.3 Å². The molecule has 2 amide bonds. The highest BCUT2D eigenvalue weighted by Gasteiger charge is 2.41. The molecule has 3 aromatic rings. The quantitative estimate of drug-likeness (QED) is 0.653. The summed E-state index contributed by atoms with van der Waals surface area (Å²) in [7, 11) is 1.20. The molecule has 0 aliphatic rings. The molecule has 0 radical (unpaired) electrons. The Labute approximate surface area is 173 Å². The molecule has 1 aromatic carbocycles. The van der Waals surface area contributed by atoms with Crippen LogP contribution in [0.15, 0.2) is 41.1 Å². The fourth-order valence-corrected chi connectivity index (χ4v) is 2.78. The van der Waals surface area contributed by atoms with Gasteiger partial charge in [0.1, 0.15) is 5.76 Å². The first kappa shape index (κ1) is 21.4. The second-order valence-corrected chi connectivity index (χ2v) is 6.76. The summed E-state index contributed by atoms with van der Waals surface area (Å²) in [5.74, 6) is -1.09. The molecule has 30 heavy (non-hydrogen) atoms. The molecule has 0 bridgehead atoms. The summed E-state index contributed by atoms with van der Waals surface area (Å²) >= 11 is 5.77. The number of hydrogen-bond acceptors (Lipinski definition) is 5. The third-order valence-electron chi connectivity index (χ3n) is 3.96. The van der Waals surface area contributed by atoms with Crippen LogP contribution in [-0.2, 0) is 11.0 Å². The minimum atomic E-state index is -4.87. The molecule has 158 valence electrons. The first-order valence-corrected chi connectivity index (χ1v) is 8.84. The Balaban J connectivity index is 1.84. The largest absolute Gasteiger partial charge is 0.434 e. The van der Waals surface area contributed by atoms with E-state index in [1.54, 1.807) is 6.92 Å². The number of carbonyl (C=O) groups is 2. The van der Waals surface area contributed by atoms with E-state index in [-0.39, 0.29) is 11.5 Å². The van der Waals surface area contributed by atoms with Crippen molar-refractivity contribution in [1.82, 2.24) is 19.8 Å². The second-order valence-electron chi connectivity index (χ2n) is 6.33. The number of alkyl halides is 3. The maximum absolute atomic E-state index is 13.7. The van der Waals surface area contributed by atoms with E-state index in [1.165, 1.54) is 37.4 Å². The van der Waals surface area contributed by atoms with E-state index < -0.39 is 35.8 Å². The van der Waals surface area contributed by atoms with Gasteiger partial charge in [-0.2, -0.15) is 18.3 Å². The van der Waals surface area contributed by atoms with Gasteiger partial charge in [0.25, 0.3) is 5.91 Å². The number of likely N-dealkylation sites (N-methyl/N-ethyl adjacent to an activating group) is 1. The molecule has 0 fully saturated rings. The zero-order valence-corrected chi connectivity index (χ0v) is 16.5. The molecule has 3 rings (SSSR count). The number of rotatable bonds is 5. The molecule has 2 heterocycles. The van der Waals surface area contributed by atoms with Gasteiger partial charge in [-0.3, -0.25) is 9.59 Å². The van der Waals surface area contributed by atoms with Crippen LogP contribution in [0.1, 0.15) is 21.8 Å². The van der Waals surface area contributed by atoms with Crippen LogP contribution in [0.25, 0.3) is 5.69 Å². The van der Waals surface area contributed by atoms with E-state index in [2.05, 4.69) is 15.6 Å². The molecule has 0 aliphatic carbocycles. The van der Waals surface area contributed by atoms with E-state index in [0.29, 0.717) is 15.5 Å². The van der Waals surface area contributed by atoms with Gasteiger partial charge >= 0.3 is 6.18 Å². The van der Waals surface area contributed by atoms with Crippen LogP contribution in [0, 0.1) is 6.92 Å². The van der Waals surface area contributed by atoms with Gasteiger partial charge in [0.15, 0.2) is 11.5 Å². The molecule has 1 N–H and O–H groups in total. The van der Waals surface area contributed by atoms with Crippen molar-refractivity contribution in [3.63, 3.8) is 0 Å². The van der Waals surface area contributed by atoms with Gasteiger partial charge < -0.3 is 14.7 Å². The molecule has 0 saturated heterocycles. The summed E-state index contributed by atoms with van der Waals surface area (Å²) in [5.41, 5.74) is -1.87. The van der Waals surface area contributed by atoms with Crippen molar-refractivity contribution in [3.05, 3.63) is 58.6 Å². The van der Waals surface area contributed by atoms with Gasteiger partial charge in [0.2, 0.25) is 5.91 Å². The number of aryl methyl sites for hydroxylation is 1. The predicted octanol–water partition coefficient (Wildman–Crippen LogP) is 3.55. The highest BCUT2D eigenvalue weighted by Crippen LogP contribution is 2.34. The Morgan fingerprint density at radius 2 is 1.93 bits per heavy atom. The molecule has 0 atom stereocenters. The fourth-order valence-electron chi connectivity index (χ4n) is 2.66. The van der Waals surface area contributed by atoms with Crippen molar-refractivity contribution >= 4 is 29.2 Å². The summed E-state index contributed by atoms with van der Waals surface area (Å²) in [4.78, 5) is 25.6. The number of amides is 2. The van der Waals surface area contributed by atoms with Crippen LogP contribution in [0.3, 0.4) is 0 Å².